The van der Waals surface area contributed by atoms with Crippen LogP contribution >= 0.6 is 11.6 Å². The molecule has 0 fully saturated rings. The van der Waals surface area contributed by atoms with E-state index in [0.29, 0.717) is 17.2 Å². The number of nitrogens with zero attached hydrogens (tertiary/aromatic N) is 1. The highest BCUT2D eigenvalue weighted by Crippen LogP contribution is 2.23. The lowest BCUT2D eigenvalue weighted by atomic mass is 10.1. The molecule has 0 saturated heterocycles. The monoisotopic (exact) mass is 312 g/mol. The molecule has 0 aliphatic carbocycles. The molecule has 108 valence electrons. The standard InChI is InChI=1S/C13H7ClF2N2O3/c14-7-2-1-3-8(4-7)17-13(19)9-5-12(18(20)21)11(16)6-10(9)15/h1-6H,(H,17,19). The molecule has 0 atom stereocenters. The summed E-state index contributed by atoms with van der Waals surface area (Å²) >= 11 is 5.73. The third kappa shape index (κ3) is 3.32. The number of hydrogen-bond acceptors (Lipinski definition) is 3. The maximum absolute atomic E-state index is 13.6. The Hall–Kier alpha value is -2.54. The fourth-order valence-corrected chi connectivity index (χ4v) is 1.81. The van der Waals surface area contributed by atoms with Crippen molar-refractivity contribution in [2.45, 2.75) is 0 Å². The summed E-state index contributed by atoms with van der Waals surface area (Å²) in [7, 11) is 0. The Bertz CT molecular complexity index is 737. The van der Waals surface area contributed by atoms with Crippen molar-refractivity contribution in [1.29, 1.82) is 0 Å². The Morgan fingerprint density at radius 1 is 1.19 bits per heavy atom. The van der Waals surface area contributed by atoms with Gasteiger partial charge in [0.15, 0.2) is 0 Å². The third-order valence-electron chi connectivity index (χ3n) is 2.56. The number of carbonyl (C=O) groups excluding carboxylic acids is 1. The third-order valence-corrected chi connectivity index (χ3v) is 2.80. The largest absolute Gasteiger partial charge is 0.322 e. The first-order chi connectivity index (χ1) is 9.88. The molecule has 2 rings (SSSR count). The van der Waals surface area contributed by atoms with Crippen molar-refractivity contribution in [3.8, 4) is 0 Å². The van der Waals surface area contributed by atoms with E-state index in [1.54, 1.807) is 12.1 Å². The average Bonchev–Trinajstić information content (AvgIpc) is 2.37. The molecule has 5 nitrogen and oxygen atoms in total. The zero-order chi connectivity index (χ0) is 15.6. The van der Waals surface area contributed by atoms with Gasteiger partial charge in [0.2, 0.25) is 5.82 Å². The molecule has 0 saturated carbocycles. The Morgan fingerprint density at radius 3 is 2.52 bits per heavy atom. The second-order valence-corrected chi connectivity index (χ2v) is 4.44. The molecule has 2 aromatic rings. The number of anilines is 1. The van der Waals surface area contributed by atoms with Crippen molar-refractivity contribution >= 4 is 28.9 Å². The van der Waals surface area contributed by atoms with Gasteiger partial charge in [-0.3, -0.25) is 14.9 Å². The van der Waals surface area contributed by atoms with Crippen LogP contribution in [-0.2, 0) is 0 Å². The Kier molecular flexibility index (Phi) is 4.13. The highest BCUT2D eigenvalue weighted by molar-refractivity contribution is 6.30. The minimum atomic E-state index is -1.35. The van der Waals surface area contributed by atoms with E-state index in [1.165, 1.54) is 12.1 Å². The molecule has 0 heterocycles. The van der Waals surface area contributed by atoms with E-state index in [9.17, 15) is 23.7 Å². The van der Waals surface area contributed by atoms with E-state index in [-0.39, 0.29) is 5.69 Å². The molecule has 0 aliphatic rings. The minimum absolute atomic E-state index is 0.277. The van der Waals surface area contributed by atoms with E-state index < -0.39 is 33.7 Å². The van der Waals surface area contributed by atoms with Crippen LogP contribution in [0.4, 0.5) is 20.2 Å². The lowest BCUT2D eigenvalue weighted by molar-refractivity contribution is -0.387. The van der Waals surface area contributed by atoms with E-state index in [1.807, 2.05) is 0 Å². The smallest absolute Gasteiger partial charge is 0.305 e. The number of nitro groups is 1. The molecular weight excluding hydrogens is 306 g/mol. The number of halogens is 3. The van der Waals surface area contributed by atoms with Crippen LogP contribution in [0.25, 0.3) is 0 Å². The van der Waals surface area contributed by atoms with Crippen LogP contribution in [0.5, 0.6) is 0 Å². The first kappa shape index (κ1) is 14.9. The van der Waals surface area contributed by atoms with Crippen molar-refractivity contribution in [2.75, 3.05) is 5.32 Å². The maximum atomic E-state index is 13.6. The molecule has 0 spiro atoms. The Balaban J connectivity index is 2.35. The van der Waals surface area contributed by atoms with Crippen LogP contribution in [0.2, 0.25) is 5.02 Å². The summed E-state index contributed by atoms with van der Waals surface area (Å²) in [6.07, 6.45) is 0. The fourth-order valence-electron chi connectivity index (χ4n) is 1.62. The summed E-state index contributed by atoms with van der Waals surface area (Å²) in [5.74, 6) is -3.49. The average molecular weight is 313 g/mol. The Labute approximate surface area is 122 Å². The van der Waals surface area contributed by atoms with Gasteiger partial charge in [0.25, 0.3) is 5.91 Å². The first-order valence-electron chi connectivity index (χ1n) is 5.59. The van der Waals surface area contributed by atoms with E-state index in [4.69, 9.17) is 11.6 Å². The zero-order valence-electron chi connectivity index (χ0n) is 10.3. The molecule has 0 aromatic heterocycles. The number of benzene rings is 2. The van der Waals surface area contributed by atoms with E-state index >= 15 is 0 Å². The summed E-state index contributed by atoms with van der Waals surface area (Å²) in [5.41, 5.74) is -1.34. The number of hydrogen-bond donors (Lipinski definition) is 1. The van der Waals surface area contributed by atoms with Crippen LogP contribution in [-0.4, -0.2) is 10.8 Å². The van der Waals surface area contributed by atoms with Gasteiger partial charge >= 0.3 is 5.69 Å². The summed E-state index contributed by atoms with van der Waals surface area (Å²) in [6, 6.07) is 6.88. The predicted octanol–water partition coefficient (Wildman–Crippen LogP) is 3.78. The van der Waals surface area contributed by atoms with Gasteiger partial charge in [-0.2, -0.15) is 4.39 Å². The Morgan fingerprint density at radius 2 is 1.90 bits per heavy atom. The molecule has 0 unspecified atom stereocenters. The summed E-state index contributed by atoms with van der Waals surface area (Å²) in [6.45, 7) is 0. The van der Waals surface area contributed by atoms with Crippen molar-refractivity contribution in [2.24, 2.45) is 0 Å². The van der Waals surface area contributed by atoms with Crippen LogP contribution in [0.3, 0.4) is 0 Å². The maximum Gasteiger partial charge on any atom is 0.305 e. The summed E-state index contributed by atoms with van der Waals surface area (Å²) in [4.78, 5) is 21.5. The van der Waals surface area contributed by atoms with Gasteiger partial charge in [0.1, 0.15) is 5.82 Å². The van der Waals surface area contributed by atoms with Crippen LogP contribution in [0, 0.1) is 21.7 Å². The quantitative estimate of drug-likeness (QED) is 0.692. The van der Waals surface area contributed by atoms with Gasteiger partial charge in [-0.05, 0) is 18.2 Å². The number of nitrogens with one attached hydrogen (secondary N) is 1. The van der Waals surface area contributed by atoms with Gasteiger partial charge < -0.3 is 5.32 Å². The lowest BCUT2D eigenvalue weighted by Crippen LogP contribution is -2.14. The van der Waals surface area contributed by atoms with Crippen molar-refractivity contribution < 1.29 is 18.5 Å². The second kappa shape index (κ2) is 5.84. The molecule has 0 radical (unpaired) electrons. The minimum Gasteiger partial charge on any atom is -0.322 e. The molecule has 1 amide bonds. The van der Waals surface area contributed by atoms with Crippen LogP contribution < -0.4 is 5.32 Å². The highest BCUT2D eigenvalue weighted by Gasteiger charge is 2.22. The summed E-state index contributed by atoms with van der Waals surface area (Å²) in [5, 5.41) is 13.3. The normalized spacial score (nSPS) is 10.2. The molecule has 0 aliphatic heterocycles. The molecule has 0 bridgehead atoms. The van der Waals surface area contributed by atoms with Gasteiger partial charge in [-0.15, -0.1) is 0 Å². The van der Waals surface area contributed by atoms with Gasteiger partial charge in [-0.1, -0.05) is 17.7 Å². The first-order valence-corrected chi connectivity index (χ1v) is 5.96. The van der Waals surface area contributed by atoms with E-state index in [2.05, 4.69) is 5.32 Å². The zero-order valence-corrected chi connectivity index (χ0v) is 11.0. The van der Waals surface area contributed by atoms with Crippen LogP contribution in [0.15, 0.2) is 36.4 Å². The second-order valence-electron chi connectivity index (χ2n) is 4.01. The molecule has 1 N–H and O–H groups in total. The fraction of sp³-hybridized carbons (Fsp3) is 0. The number of amides is 1. The number of nitro benzene ring substituents is 1. The number of carbonyl (C=O) groups is 1. The van der Waals surface area contributed by atoms with Crippen LogP contribution in [0.1, 0.15) is 10.4 Å². The lowest BCUT2D eigenvalue weighted by Gasteiger charge is -2.06. The van der Waals surface area contributed by atoms with Crippen molar-refractivity contribution in [1.82, 2.24) is 0 Å². The molecular formula is C13H7ClF2N2O3. The van der Waals surface area contributed by atoms with Gasteiger partial charge in [0.05, 0.1) is 10.5 Å². The van der Waals surface area contributed by atoms with Gasteiger partial charge in [-0.25, -0.2) is 4.39 Å². The number of rotatable bonds is 3. The predicted molar refractivity (Wildman–Crippen MR) is 72.4 cm³/mol. The van der Waals surface area contributed by atoms with Gasteiger partial charge in [0, 0.05) is 22.8 Å². The molecule has 8 heteroatoms. The van der Waals surface area contributed by atoms with Crippen molar-refractivity contribution in [3.05, 3.63) is 68.7 Å². The van der Waals surface area contributed by atoms with E-state index in [0.717, 1.165) is 0 Å². The molecule has 21 heavy (non-hydrogen) atoms. The summed E-state index contributed by atoms with van der Waals surface area (Å²) < 4.78 is 26.8. The SMILES string of the molecule is O=C(Nc1cccc(Cl)c1)c1cc([N+](=O)[O-])c(F)cc1F. The van der Waals surface area contributed by atoms with Crippen molar-refractivity contribution in [3.63, 3.8) is 0 Å². The molecule has 2 aromatic carbocycles. The highest BCUT2D eigenvalue weighted by atomic mass is 35.5. The topological polar surface area (TPSA) is 72.2 Å².